The van der Waals surface area contributed by atoms with Gasteiger partial charge in [-0.3, -0.25) is 4.99 Å². The van der Waals surface area contributed by atoms with E-state index in [2.05, 4.69) is 46.5 Å². The van der Waals surface area contributed by atoms with E-state index in [1.807, 2.05) is 6.92 Å². The van der Waals surface area contributed by atoms with Crippen molar-refractivity contribution in [1.29, 1.82) is 0 Å². The molecule has 2 heterocycles. The summed E-state index contributed by atoms with van der Waals surface area (Å²) < 4.78 is 5.34. The number of hydrogen-bond donors (Lipinski definition) is 1. The molecule has 136 valence electrons. The maximum absolute atomic E-state index is 5.34. The first-order valence-electron chi connectivity index (χ1n) is 8.68. The average Bonchev–Trinajstić information content (AvgIpc) is 3.19. The Labute approximate surface area is 149 Å². The Morgan fingerprint density at radius 1 is 1.62 bits per heavy atom. The lowest BCUT2D eigenvalue weighted by atomic mass is 10.1. The van der Waals surface area contributed by atoms with E-state index in [9.17, 15) is 0 Å². The minimum Gasteiger partial charge on any atom is -0.375 e. The topological polar surface area (TPSA) is 53.0 Å². The lowest BCUT2D eigenvalue weighted by Crippen LogP contribution is -2.39. The quantitative estimate of drug-likeness (QED) is 0.602. The van der Waals surface area contributed by atoms with Crippen LogP contribution in [0.3, 0.4) is 0 Å². The zero-order valence-corrected chi connectivity index (χ0v) is 16.4. The van der Waals surface area contributed by atoms with Crippen molar-refractivity contribution in [3.05, 3.63) is 16.1 Å². The molecule has 7 heteroatoms. The number of nitrogens with zero attached hydrogens (tertiary/aromatic N) is 4. The van der Waals surface area contributed by atoms with Crippen LogP contribution in [0.15, 0.2) is 10.4 Å². The van der Waals surface area contributed by atoms with Crippen molar-refractivity contribution in [2.45, 2.75) is 32.9 Å². The molecule has 0 aliphatic carbocycles. The second kappa shape index (κ2) is 9.34. The van der Waals surface area contributed by atoms with Crippen LogP contribution in [0.1, 0.15) is 37.1 Å². The van der Waals surface area contributed by atoms with Gasteiger partial charge in [0.1, 0.15) is 11.1 Å². The highest BCUT2D eigenvalue weighted by molar-refractivity contribution is 7.09. The minimum atomic E-state index is 0.0512. The third-order valence-electron chi connectivity index (χ3n) is 4.35. The molecule has 6 nitrogen and oxygen atoms in total. The standard InChI is InChI=1S/C17H31N5OS/c1-6-18-17(19-9-14-7-8-21(3)10-14)22(4)11-15-12-24-16(20-15)13(2)23-5/h12-14H,6-11H2,1-5H3,(H,18,19). The molecule has 1 saturated heterocycles. The fraction of sp³-hybridized carbons (Fsp3) is 0.765. The molecule has 2 atom stereocenters. The molecule has 2 rings (SSSR count). The number of likely N-dealkylation sites (tertiary alicyclic amines) is 1. The smallest absolute Gasteiger partial charge is 0.194 e. The van der Waals surface area contributed by atoms with E-state index in [1.54, 1.807) is 18.4 Å². The molecule has 1 aliphatic heterocycles. The summed E-state index contributed by atoms with van der Waals surface area (Å²) in [6.45, 7) is 8.98. The zero-order chi connectivity index (χ0) is 17.5. The summed E-state index contributed by atoms with van der Waals surface area (Å²) in [7, 11) is 5.97. The number of guanidine groups is 1. The van der Waals surface area contributed by atoms with E-state index in [0.717, 1.165) is 42.8 Å². The molecule has 1 N–H and O–H groups in total. The fourth-order valence-electron chi connectivity index (χ4n) is 2.86. The predicted molar refractivity (Wildman–Crippen MR) is 101 cm³/mol. The van der Waals surface area contributed by atoms with E-state index in [1.165, 1.54) is 13.0 Å². The second-order valence-corrected chi connectivity index (χ2v) is 7.41. The van der Waals surface area contributed by atoms with E-state index < -0.39 is 0 Å². The van der Waals surface area contributed by atoms with Crippen LogP contribution in [0.4, 0.5) is 0 Å². The maximum Gasteiger partial charge on any atom is 0.194 e. The normalized spacial score (nSPS) is 20.4. The largest absolute Gasteiger partial charge is 0.375 e. The molecule has 2 unspecified atom stereocenters. The molecule has 24 heavy (non-hydrogen) atoms. The Morgan fingerprint density at radius 3 is 3.04 bits per heavy atom. The highest BCUT2D eigenvalue weighted by Gasteiger charge is 2.19. The van der Waals surface area contributed by atoms with Crippen LogP contribution in [0.2, 0.25) is 0 Å². The third-order valence-corrected chi connectivity index (χ3v) is 5.41. The van der Waals surface area contributed by atoms with Crippen molar-refractivity contribution >= 4 is 17.3 Å². The van der Waals surface area contributed by atoms with Crippen LogP contribution in [0, 0.1) is 5.92 Å². The summed E-state index contributed by atoms with van der Waals surface area (Å²) in [6, 6.07) is 0. The Hall–Kier alpha value is -1.18. The van der Waals surface area contributed by atoms with Gasteiger partial charge in [-0.05, 0) is 39.8 Å². The van der Waals surface area contributed by atoms with Gasteiger partial charge in [0.05, 0.1) is 12.2 Å². The van der Waals surface area contributed by atoms with Gasteiger partial charge in [0, 0.05) is 39.2 Å². The van der Waals surface area contributed by atoms with Gasteiger partial charge in [-0.25, -0.2) is 4.98 Å². The number of aliphatic imine (C=N–C) groups is 1. The van der Waals surface area contributed by atoms with Crippen LogP contribution in [-0.2, 0) is 11.3 Å². The molecule has 1 aliphatic rings. The van der Waals surface area contributed by atoms with Gasteiger partial charge in [0.15, 0.2) is 5.96 Å². The molecule has 1 aromatic rings. The molecule has 0 aromatic carbocycles. The van der Waals surface area contributed by atoms with Crippen molar-refractivity contribution in [2.75, 3.05) is 47.4 Å². The van der Waals surface area contributed by atoms with E-state index in [4.69, 9.17) is 9.73 Å². The number of methoxy groups -OCH3 is 1. The summed E-state index contributed by atoms with van der Waals surface area (Å²) in [6.07, 6.45) is 1.29. The van der Waals surface area contributed by atoms with Crippen molar-refractivity contribution in [1.82, 2.24) is 20.1 Å². The second-order valence-electron chi connectivity index (χ2n) is 6.52. The number of rotatable bonds is 7. The number of ether oxygens (including phenoxy) is 1. The number of thiazole rings is 1. The first-order valence-corrected chi connectivity index (χ1v) is 9.56. The van der Waals surface area contributed by atoms with Crippen LogP contribution < -0.4 is 5.32 Å². The van der Waals surface area contributed by atoms with E-state index >= 15 is 0 Å². The molecule has 1 aromatic heterocycles. The van der Waals surface area contributed by atoms with E-state index in [0.29, 0.717) is 5.92 Å². The summed E-state index contributed by atoms with van der Waals surface area (Å²) in [4.78, 5) is 14.0. The molecule has 0 spiro atoms. The SMILES string of the molecule is CCNC(=NCC1CCN(C)C1)N(C)Cc1csc(C(C)OC)n1. The zero-order valence-electron chi connectivity index (χ0n) is 15.6. The lowest BCUT2D eigenvalue weighted by Gasteiger charge is -2.21. The van der Waals surface area contributed by atoms with Crippen molar-refractivity contribution in [2.24, 2.45) is 10.9 Å². The fourth-order valence-corrected chi connectivity index (χ4v) is 3.70. The molecular weight excluding hydrogens is 322 g/mol. The average molecular weight is 354 g/mol. The third kappa shape index (κ3) is 5.43. The Bertz CT molecular complexity index is 533. The van der Waals surface area contributed by atoms with Crippen molar-refractivity contribution < 1.29 is 4.74 Å². The van der Waals surface area contributed by atoms with Gasteiger partial charge >= 0.3 is 0 Å². The van der Waals surface area contributed by atoms with Gasteiger partial charge < -0.3 is 19.9 Å². The summed E-state index contributed by atoms with van der Waals surface area (Å²) >= 11 is 1.65. The molecule has 0 bridgehead atoms. The molecule has 0 saturated carbocycles. The summed E-state index contributed by atoms with van der Waals surface area (Å²) in [5, 5.41) is 6.52. The van der Waals surface area contributed by atoms with Gasteiger partial charge in [0.2, 0.25) is 0 Å². The predicted octanol–water partition coefficient (Wildman–Crippen LogP) is 2.20. The molecular formula is C17H31N5OS. The first-order chi connectivity index (χ1) is 11.5. The summed E-state index contributed by atoms with van der Waals surface area (Å²) in [5.41, 5.74) is 1.06. The maximum atomic E-state index is 5.34. The Morgan fingerprint density at radius 2 is 2.42 bits per heavy atom. The number of aromatic nitrogens is 1. The number of nitrogens with one attached hydrogen (secondary N) is 1. The van der Waals surface area contributed by atoms with Crippen LogP contribution >= 0.6 is 11.3 Å². The van der Waals surface area contributed by atoms with Gasteiger partial charge in [0.25, 0.3) is 0 Å². The van der Waals surface area contributed by atoms with Gasteiger partial charge in [-0.2, -0.15) is 0 Å². The van der Waals surface area contributed by atoms with Crippen LogP contribution in [0.5, 0.6) is 0 Å². The minimum absolute atomic E-state index is 0.0512. The van der Waals surface area contributed by atoms with Crippen molar-refractivity contribution in [3.8, 4) is 0 Å². The lowest BCUT2D eigenvalue weighted by molar-refractivity contribution is 0.119. The van der Waals surface area contributed by atoms with Gasteiger partial charge in [-0.1, -0.05) is 0 Å². The first kappa shape index (κ1) is 19.1. The van der Waals surface area contributed by atoms with E-state index in [-0.39, 0.29) is 6.10 Å². The molecule has 0 amide bonds. The highest BCUT2D eigenvalue weighted by atomic mass is 32.1. The van der Waals surface area contributed by atoms with Crippen molar-refractivity contribution in [3.63, 3.8) is 0 Å². The Kier molecular flexibility index (Phi) is 7.45. The highest BCUT2D eigenvalue weighted by Crippen LogP contribution is 2.21. The molecule has 0 radical (unpaired) electrons. The van der Waals surface area contributed by atoms with Crippen LogP contribution in [0.25, 0.3) is 0 Å². The summed E-state index contributed by atoms with van der Waals surface area (Å²) in [5.74, 6) is 1.63. The number of hydrogen-bond acceptors (Lipinski definition) is 5. The molecule has 1 fully saturated rings. The Balaban J connectivity index is 1.95. The van der Waals surface area contributed by atoms with Crippen LogP contribution in [-0.4, -0.2) is 68.1 Å². The monoisotopic (exact) mass is 353 g/mol. The van der Waals surface area contributed by atoms with Gasteiger partial charge in [-0.15, -0.1) is 11.3 Å².